The Morgan fingerprint density at radius 1 is 1.21 bits per heavy atom. The number of nitrogens with zero attached hydrogens (tertiary/aromatic N) is 1. The molecule has 4 rings (SSSR count). The van der Waals surface area contributed by atoms with E-state index in [0.717, 1.165) is 23.8 Å². The first kappa shape index (κ1) is 19.5. The first-order valence-electron chi connectivity index (χ1n) is 10.1. The highest BCUT2D eigenvalue weighted by molar-refractivity contribution is 6.00. The minimum atomic E-state index is -0.555. The van der Waals surface area contributed by atoms with Crippen LogP contribution >= 0.6 is 0 Å². The lowest BCUT2D eigenvalue weighted by atomic mass is 10.1. The summed E-state index contributed by atoms with van der Waals surface area (Å²) < 4.78 is 11.4. The van der Waals surface area contributed by atoms with Crippen LogP contribution in [0.25, 0.3) is 0 Å². The molecule has 1 atom stereocenters. The molecule has 0 bridgehead atoms. The number of hydrogen-bond acceptors (Lipinski definition) is 4. The van der Waals surface area contributed by atoms with Crippen LogP contribution in [-0.2, 0) is 20.9 Å². The summed E-state index contributed by atoms with van der Waals surface area (Å²) in [4.78, 5) is 26.6. The van der Waals surface area contributed by atoms with E-state index in [1.807, 2.05) is 48.5 Å². The van der Waals surface area contributed by atoms with Crippen LogP contribution in [0.5, 0.6) is 5.75 Å². The highest BCUT2D eigenvalue weighted by Crippen LogP contribution is 2.33. The van der Waals surface area contributed by atoms with Gasteiger partial charge >= 0.3 is 0 Å². The summed E-state index contributed by atoms with van der Waals surface area (Å²) in [7, 11) is 0. The Balaban J connectivity index is 1.32. The van der Waals surface area contributed by atoms with Crippen molar-refractivity contribution in [3.05, 3.63) is 54.1 Å². The Labute approximate surface area is 170 Å². The Bertz CT molecular complexity index is 894. The van der Waals surface area contributed by atoms with Crippen molar-refractivity contribution in [3.63, 3.8) is 0 Å². The van der Waals surface area contributed by atoms with Crippen molar-refractivity contribution >= 4 is 23.2 Å². The van der Waals surface area contributed by atoms with E-state index in [2.05, 4.69) is 5.32 Å². The molecular weight excluding hydrogens is 368 g/mol. The van der Waals surface area contributed by atoms with E-state index >= 15 is 0 Å². The molecule has 0 spiro atoms. The van der Waals surface area contributed by atoms with Crippen LogP contribution in [0, 0.1) is 5.92 Å². The molecule has 1 heterocycles. The average Bonchev–Trinajstić information content (AvgIpc) is 3.53. The van der Waals surface area contributed by atoms with Crippen LogP contribution in [0.3, 0.4) is 0 Å². The molecule has 1 aliphatic heterocycles. The summed E-state index contributed by atoms with van der Waals surface area (Å²) in [6, 6.07) is 15.1. The number of benzene rings is 2. The van der Waals surface area contributed by atoms with E-state index in [1.165, 1.54) is 12.8 Å². The fraction of sp³-hybridized carbons (Fsp3) is 0.391. The van der Waals surface area contributed by atoms with Gasteiger partial charge < -0.3 is 19.7 Å². The quantitative estimate of drug-likeness (QED) is 0.740. The van der Waals surface area contributed by atoms with Gasteiger partial charge in [0.05, 0.1) is 12.3 Å². The third kappa shape index (κ3) is 4.95. The van der Waals surface area contributed by atoms with E-state index in [4.69, 9.17) is 9.47 Å². The molecule has 2 aliphatic rings. The number of hydrogen-bond donors (Lipinski definition) is 1. The molecule has 1 N–H and O–H groups in total. The molecule has 2 aromatic carbocycles. The lowest BCUT2D eigenvalue weighted by Crippen LogP contribution is -2.45. The van der Waals surface area contributed by atoms with Crippen LogP contribution in [-0.4, -0.2) is 31.1 Å². The summed E-state index contributed by atoms with van der Waals surface area (Å²) in [5.74, 6) is 1.13. The first-order chi connectivity index (χ1) is 14.1. The fourth-order valence-corrected chi connectivity index (χ4v) is 3.39. The zero-order chi connectivity index (χ0) is 20.2. The van der Waals surface area contributed by atoms with Crippen LogP contribution in [0.4, 0.5) is 11.4 Å². The molecule has 0 radical (unpaired) electrons. The maximum atomic E-state index is 12.5. The second-order valence-electron chi connectivity index (χ2n) is 7.67. The first-order valence-corrected chi connectivity index (χ1v) is 10.1. The van der Waals surface area contributed by atoms with E-state index in [1.54, 1.807) is 11.8 Å². The number of amides is 2. The minimum absolute atomic E-state index is 0.133. The van der Waals surface area contributed by atoms with Gasteiger partial charge in [0, 0.05) is 25.3 Å². The zero-order valence-corrected chi connectivity index (χ0v) is 16.6. The van der Waals surface area contributed by atoms with Gasteiger partial charge in [0.2, 0.25) is 5.91 Å². The molecule has 0 saturated heterocycles. The largest absolute Gasteiger partial charge is 0.479 e. The standard InChI is InChI=1S/C23H26N2O4/c1-16-23(27)25(20-7-2-3-8-21(20)29-16)12-11-22(26)24-19-6-4-5-18(13-19)15-28-14-17-9-10-17/h2-8,13,16-17H,9-12,14-15H2,1H3,(H,24,26). The van der Waals surface area contributed by atoms with Crippen molar-refractivity contribution in [2.24, 2.45) is 5.92 Å². The van der Waals surface area contributed by atoms with Crippen LogP contribution in [0.15, 0.2) is 48.5 Å². The van der Waals surface area contributed by atoms with Gasteiger partial charge in [-0.1, -0.05) is 24.3 Å². The van der Waals surface area contributed by atoms with Gasteiger partial charge in [-0.05, 0) is 55.5 Å². The van der Waals surface area contributed by atoms with E-state index in [0.29, 0.717) is 24.6 Å². The molecule has 6 nitrogen and oxygen atoms in total. The van der Waals surface area contributed by atoms with Crippen LogP contribution < -0.4 is 15.0 Å². The van der Waals surface area contributed by atoms with Crippen molar-refractivity contribution in [1.82, 2.24) is 0 Å². The van der Waals surface area contributed by atoms with Crippen molar-refractivity contribution in [2.75, 3.05) is 23.4 Å². The highest BCUT2D eigenvalue weighted by Gasteiger charge is 2.31. The fourth-order valence-electron chi connectivity index (χ4n) is 3.39. The van der Waals surface area contributed by atoms with Crippen molar-refractivity contribution in [3.8, 4) is 5.75 Å². The Morgan fingerprint density at radius 2 is 2.03 bits per heavy atom. The predicted molar refractivity (Wildman–Crippen MR) is 111 cm³/mol. The molecule has 0 aromatic heterocycles. The maximum Gasteiger partial charge on any atom is 0.267 e. The van der Waals surface area contributed by atoms with Crippen LogP contribution in [0.2, 0.25) is 0 Å². The van der Waals surface area contributed by atoms with E-state index < -0.39 is 6.10 Å². The van der Waals surface area contributed by atoms with E-state index in [-0.39, 0.29) is 18.2 Å². The van der Waals surface area contributed by atoms with Gasteiger partial charge in [-0.25, -0.2) is 0 Å². The SMILES string of the molecule is CC1Oc2ccccc2N(CCC(=O)Nc2cccc(COCC3CC3)c2)C1=O. The monoisotopic (exact) mass is 394 g/mol. The number of rotatable bonds is 8. The summed E-state index contributed by atoms with van der Waals surface area (Å²) in [6.07, 6.45) is 2.19. The Kier molecular flexibility index (Phi) is 5.81. The maximum absolute atomic E-state index is 12.5. The molecule has 152 valence electrons. The van der Waals surface area contributed by atoms with E-state index in [9.17, 15) is 9.59 Å². The Hall–Kier alpha value is -2.86. The number of carbonyl (C=O) groups excluding carboxylic acids is 2. The smallest absolute Gasteiger partial charge is 0.267 e. The summed E-state index contributed by atoms with van der Waals surface area (Å²) in [5.41, 5.74) is 2.48. The lowest BCUT2D eigenvalue weighted by Gasteiger charge is -2.32. The van der Waals surface area contributed by atoms with Gasteiger partial charge in [-0.15, -0.1) is 0 Å². The average molecular weight is 394 g/mol. The molecule has 1 fully saturated rings. The van der Waals surface area contributed by atoms with Crippen LogP contribution in [0.1, 0.15) is 31.7 Å². The summed E-state index contributed by atoms with van der Waals surface area (Å²) in [6.45, 7) is 3.39. The molecule has 6 heteroatoms. The number of anilines is 2. The van der Waals surface area contributed by atoms with Gasteiger partial charge in [0.1, 0.15) is 5.75 Å². The number of nitrogens with one attached hydrogen (secondary N) is 1. The number of para-hydroxylation sites is 2. The number of fused-ring (bicyclic) bond motifs is 1. The summed E-state index contributed by atoms with van der Waals surface area (Å²) in [5, 5.41) is 2.92. The second-order valence-corrected chi connectivity index (χ2v) is 7.67. The van der Waals surface area contributed by atoms with Crippen molar-refractivity contribution in [2.45, 2.75) is 38.9 Å². The molecule has 29 heavy (non-hydrogen) atoms. The predicted octanol–water partition coefficient (Wildman–Crippen LogP) is 3.76. The Morgan fingerprint density at radius 3 is 2.86 bits per heavy atom. The van der Waals surface area contributed by atoms with Crippen molar-refractivity contribution < 1.29 is 19.1 Å². The number of carbonyl (C=O) groups is 2. The molecular formula is C23H26N2O4. The third-order valence-electron chi connectivity index (χ3n) is 5.17. The van der Waals surface area contributed by atoms with Gasteiger partial charge in [0.25, 0.3) is 5.91 Å². The third-order valence-corrected chi connectivity index (χ3v) is 5.17. The van der Waals surface area contributed by atoms with Crippen molar-refractivity contribution in [1.29, 1.82) is 0 Å². The van der Waals surface area contributed by atoms with Gasteiger partial charge in [-0.2, -0.15) is 0 Å². The molecule has 2 amide bonds. The minimum Gasteiger partial charge on any atom is -0.479 e. The normalized spacial score (nSPS) is 18.2. The summed E-state index contributed by atoms with van der Waals surface area (Å²) >= 11 is 0. The lowest BCUT2D eigenvalue weighted by molar-refractivity contribution is -0.125. The van der Waals surface area contributed by atoms with Gasteiger partial charge in [-0.3, -0.25) is 9.59 Å². The molecule has 1 unspecified atom stereocenters. The number of ether oxygens (including phenoxy) is 2. The zero-order valence-electron chi connectivity index (χ0n) is 16.6. The topological polar surface area (TPSA) is 67.9 Å². The molecule has 1 aliphatic carbocycles. The second kappa shape index (κ2) is 8.66. The van der Waals surface area contributed by atoms with Gasteiger partial charge in [0.15, 0.2) is 6.10 Å². The highest BCUT2D eigenvalue weighted by atomic mass is 16.5. The molecule has 2 aromatic rings. The molecule has 1 saturated carbocycles.